The number of benzene rings is 1. The van der Waals surface area contributed by atoms with Crippen LogP contribution in [0.3, 0.4) is 0 Å². The van der Waals surface area contributed by atoms with E-state index < -0.39 is 42.4 Å². The van der Waals surface area contributed by atoms with Crippen LogP contribution in [0.5, 0.6) is 0 Å². The molecule has 1 unspecified atom stereocenters. The van der Waals surface area contributed by atoms with E-state index in [2.05, 4.69) is 11.9 Å². The Hall–Kier alpha value is -2.16. The first-order valence-electron chi connectivity index (χ1n) is 9.04. The van der Waals surface area contributed by atoms with E-state index in [1.165, 1.54) is 11.0 Å². The summed E-state index contributed by atoms with van der Waals surface area (Å²) in [5, 5.41) is 2.37. The maximum absolute atomic E-state index is 14.5. The minimum absolute atomic E-state index is 0.112. The fraction of sp³-hybridized carbons (Fsp3) is 0.474. The first-order valence-corrected chi connectivity index (χ1v) is 10.2. The summed E-state index contributed by atoms with van der Waals surface area (Å²) in [5.74, 6) is -5.07. The summed E-state index contributed by atoms with van der Waals surface area (Å²) >= 11 is 1.80. The fourth-order valence-corrected chi connectivity index (χ4v) is 4.29. The maximum atomic E-state index is 14.5. The highest BCUT2D eigenvalue weighted by Crippen LogP contribution is 2.35. The molecule has 2 aliphatic rings. The SMILES string of the molecule is C=CC(=O)N1CCC(F)(F)C(C(=O)Nc2ccc(N3CCSCC3)c(F)c2)C1. The van der Waals surface area contributed by atoms with Gasteiger partial charge in [-0.2, -0.15) is 11.8 Å². The molecule has 5 nitrogen and oxygen atoms in total. The third kappa shape index (κ3) is 4.45. The monoisotopic (exact) mass is 413 g/mol. The largest absolute Gasteiger partial charge is 0.368 e. The smallest absolute Gasteiger partial charge is 0.263 e. The number of anilines is 2. The predicted molar refractivity (Wildman–Crippen MR) is 104 cm³/mol. The zero-order valence-electron chi connectivity index (χ0n) is 15.3. The van der Waals surface area contributed by atoms with E-state index in [-0.39, 0.29) is 12.2 Å². The quantitative estimate of drug-likeness (QED) is 0.772. The van der Waals surface area contributed by atoms with Crippen LogP contribution in [0, 0.1) is 11.7 Å². The van der Waals surface area contributed by atoms with Gasteiger partial charge in [0.2, 0.25) is 11.8 Å². The molecule has 0 aliphatic carbocycles. The Morgan fingerprint density at radius 3 is 2.61 bits per heavy atom. The number of likely N-dealkylation sites (tertiary alicyclic amines) is 1. The molecule has 9 heteroatoms. The molecule has 152 valence electrons. The number of alkyl halides is 2. The van der Waals surface area contributed by atoms with E-state index in [0.29, 0.717) is 5.69 Å². The van der Waals surface area contributed by atoms with E-state index >= 15 is 0 Å². The van der Waals surface area contributed by atoms with E-state index in [1.54, 1.807) is 17.8 Å². The van der Waals surface area contributed by atoms with Gasteiger partial charge in [-0.25, -0.2) is 13.2 Å². The van der Waals surface area contributed by atoms with E-state index in [9.17, 15) is 22.8 Å². The predicted octanol–water partition coefficient (Wildman–Crippen LogP) is 2.99. The van der Waals surface area contributed by atoms with E-state index in [0.717, 1.165) is 36.7 Å². The van der Waals surface area contributed by atoms with Crippen LogP contribution in [0.25, 0.3) is 0 Å². The molecule has 1 aromatic rings. The van der Waals surface area contributed by atoms with Gasteiger partial charge in [0.25, 0.3) is 5.92 Å². The Morgan fingerprint density at radius 1 is 1.25 bits per heavy atom. The second kappa shape index (κ2) is 8.46. The van der Waals surface area contributed by atoms with Gasteiger partial charge in [0.05, 0.1) is 5.69 Å². The highest BCUT2D eigenvalue weighted by atomic mass is 32.2. The van der Waals surface area contributed by atoms with Crippen molar-refractivity contribution in [2.24, 2.45) is 5.92 Å². The number of thioether (sulfide) groups is 1. The summed E-state index contributed by atoms with van der Waals surface area (Å²) in [6.45, 7) is 4.25. The Bertz CT molecular complexity index is 769. The number of nitrogens with zero attached hydrogens (tertiary/aromatic N) is 2. The molecule has 1 atom stereocenters. The number of hydrogen-bond donors (Lipinski definition) is 1. The van der Waals surface area contributed by atoms with Crippen molar-refractivity contribution in [3.05, 3.63) is 36.7 Å². The van der Waals surface area contributed by atoms with Crippen molar-refractivity contribution in [2.45, 2.75) is 12.3 Å². The molecular formula is C19H22F3N3O2S. The zero-order chi connectivity index (χ0) is 20.3. The average molecular weight is 413 g/mol. The summed E-state index contributed by atoms with van der Waals surface area (Å²) in [6.07, 6.45) is 0.427. The van der Waals surface area contributed by atoms with Crippen LogP contribution in [0.4, 0.5) is 24.5 Å². The summed E-state index contributed by atoms with van der Waals surface area (Å²) in [4.78, 5) is 27.3. The summed E-state index contributed by atoms with van der Waals surface area (Å²) in [5.41, 5.74) is 0.546. The maximum Gasteiger partial charge on any atom is 0.263 e. The first-order chi connectivity index (χ1) is 13.3. The van der Waals surface area contributed by atoms with Gasteiger partial charge in [0, 0.05) is 49.8 Å². The Morgan fingerprint density at radius 2 is 1.96 bits per heavy atom. The standard InChI is InChI=1S/C19H22F3N3O2S/c1-2-17(26)25-6-5-19(21,22)14(12-25)18(27)23-13-3-4-16(15(20)11-13)24-7-9-28-10-8-24/h2-4,11,14H,1,5-10,12H2,(H,23,27). The van der Waals surface area contributed by atoms with Crippen molar-refractivity contribution < 1.29 is 22.8 Å². The molecule has 28 heavy (non-hydrogen) atoms. The van der Waals surface area contributed by atoms with Crippen molar-refractivity contribution >= 4 is 35.0 Å². The average Bonchev–Trinajstić information content (AvgIpc) is 2.68. The molecule has 3 rings (SSSR count). The van der Waals surface area contributed by atoms with Crippen molar-refractivity contribution in [2.75, 3.05) is 47.9 Å². The molecule has 2 aliphatic heterocycles. The molecular weight excluding hydrogens is 391 g/mol. The van der Waals surface area contributed by atoms with Gasteiger partial charge < -0.3 is 15.1 Å². The van der Waals surface area contributed by atoms with Crippen molar-refractivity contribution in [1.29, 1.82) is 0 Å². The lowest BCUT2D eigenvalue weighted by Gasteiger charge is -2.37. The number of hydrogen-bond acceptors (Lipinski definition) is 4. The molecule has 2 fully saturated rings. The van der Waals surface area contributed by atoms with Gasteiger partial charge in [0.1, 0.15) is 11.7 Å². The van der Waals surface area contributed by atoms with Gasteiger partial charge in [-0.1, -0.05) is 6.58 Å². The van der Waals surface area contributed by atoms with E-state index in [4.69, 9.17) is 0 Å². The van der Waals surface area contributed by atoms with Crippen LogP contribution in [0.15, 0.2) is 30.9 Å². The molecule has 2 amide bonds. The molecule has 2 saturated heterocycles. The van der Waals surface area contributed by atoms with Crippen LogP contribution in [0.2, 0.25) is 0 Å². The minimum atomic E-state index is -3.24. The number of rotatable bonds is 4. The van der Waals surface area contributed by atoms with Gasteiger partial charge in [0.15, 0.2) is 0 Å². The van der Waals surface area contributed by atoms with Gasteiger partial charge in [-0.15, -0.1) is 0 Å². The van der Waals surface area contributed by atoms with Gasteiger partial charge in [-0.05, 0) is 24.3 Å². The molecule has 0 saturated carbocycles. The van der Waals surface area contributed by atoms with E-state index in [1.807, 2.05) is 4.90 Å². The molecule has 2 heterocycles. The number of amides is 2. The molecule has 0 aromatic heterocycles. The molecule has 0 radical (unpaired) electrons. The lowest BCUT2D eigenvalue weighted by molar-refractivity contribution is -0.151. The number of carbonyl (C=O) groups excluding carboxylic acids is 2. The van der Waals surface area contributed by atoms with Gasteiger partial charge in [-0.3, -0.25) is 9.59 Å². The topological polar surface area (TPSA) is 52.7 Å². The zero-order valence-corrected chi connectivity index (χ0v) is 16.1. The van der Waals surface area contributed by atoms with Crippen LogP contribution in [-0.2, 0) is 9.59 Å². The number of carbonyl (C=O) groups is 2. The fourth-order valence-electron chi connectivity index (χ4n) is 3.38. The van der Waals surface area contributed by atoms with Crippen molar-refractivity contribution in [3.63, 3.8) is 0 Å². The second-order valence-electron chi connectivity index (χ2n) is 6.81. The summed E-state index contributed by atoms with van der Waals surface area (Å²) in [7, 11) is 0. The van der Waals surface area contributed by atoms with Crippen molar-refractivity contribution in [3.8, 4) is 0 Å². The lowest BCUT2D eigenvalue weighted by atomic mass is 9.92. The van der Waals surface area contributed by atoms with Gasteiger partial charge >= 0.3 is 0 Å². The minimum Gasteiger partial charge on any atom is -0.368 e. The lowest BCUT2D eigenvalue weighted by Crippen LogP contribution is -2.53. The van der Waals surface area contributed by atoms with Crippen LogP contribution in [-0.4, -0.2) is 60.3 Å². The highest BCUT2D eigenvalue weighted by Gasteiger charge is 2.48. The van der Waals surface area contributed by atoms with Crippen LogP contribution >= 0.6 is 11.8 Å². The van der Waals surface area contributed by atoms with Crippen molar-refractivity contribution in [1.82, 2.24) is 4.90 Å². The third-order valence-electron chi connectivity index (χ3n) is 5.00. The number of nitrogens with one attached hydrogen (secondary N) is 1. The summed E-state index contributed by atoms with van der Waals surface area (Å²) < 4.78 is 43.0. The number of piperidine rings is 1. The summed E-state index contributed by atoms with van der Waals surface area (Å²) in [6, 6.07) is 4.20. The highest BCUT2D eigenvalue weighted by molar-refractivity contribution is 7.99. The third-order valence-corrected chi connectivity index (χ3v) is 5.94. The molecule has 0 bridgehead atoms. The second-order valence-corrected chi connectivity index (χ2v) is 8.03. The normalized spacial score (nSPS) is 21.9. The molecule has 1 N–H and O–H groups in total. The molecule has 0 spiro atoms. The Kier molecular flexibility index (Phi) is 6.22. The van der Waals surface area contributed by atoms with Crippen LogP contribution < -0.4 is 10.2 Å². The Balaban J connectivity index is 1.71. The first kappa shape index (κ1) is 20.6. The molecule has 1 aromatic carbocycles. The Labute approximate surface area is 165 Å². The number of halogens is 3. The van der Waals surface area contributed by atoms with Crippen LogP contribution in [0.1, 0.15) is 6.42 Å².